The molecule has 1 fully saturated rings. The first-order chi connectivity index (χ1) is 17.1. The third-order valence-corrected chi connectivity index (χ3v) is 7.25. The van der Waals surface area contributed by atoms with Gasteiger partial charge >= 0.3 is 5.97 Å². The van der Waals surface area contributed by atoms with Crippen molar-refractivity contribution in [1.82, 2.24) is 0 Å². The Hall–Kier alpha value is -3.61. The van der Waals surface area contributed by atoms with Crippen molar-refractivity contribution in [2.24, 2.45) is 0 Å². The monoisotopic (exact) mass is 470 g/mol. The van der Waals surface area contributed by atoms with Crippen LogP contribution in [0.5, 0.6) is 5.75 Å². The number of fused-ring (bicyclic) bond motifs is 2. The highest BCUT2D eigenvalue weighted by atomic mass is 16.5. The molecule has 0 atom stereocenters. The SMILES string of the molecule is CO[C@H]1C[C@](OC)(c2cccc(COc3ccc4c(-c5ccco5)c5c(cc4c3)C(=O)OC5)c2)C1. The number of furan rings is 1. The van der Waals surface area contributed by atoms with E-state index in [1.165, 1.54) is 0 Å². The van der Waals surface area contributed by atoms with Crippen LogP contribution in [0.25, 0.3) is 22.1 Å². The van der Waals surface area contributed by atoms with E-state index in [1.807, 2.05) is 42.5 Å². The Morgan fingerprint density at radius 1 is 1.03 bits per heavy atom. The van der Waals surface area contributed by atoms with E-state index >= 15 is 0 Å². The van der Waals surface area contributed by atoms with Crippen molar-refractivity contribution in [3.63, 3.8) is 0 Å². The average molecular weight is 471 g/mol. The second-order valence-electron chi connectivity index (χ2n) is 9.17. The van der Waals surface area contributed by atoms with E-state index < -0.39 is 0 Å². The molecule has 35 heavy (non-hydrogen) atoms. The third-order valence-electron chi connectivity index (χ3n) is 7.25. The minimum Gasteiger partial charge on any atom is -0.489 e. The highest BCUT2D eigenvalue weighted by Crippen LogP contribution is 2.46. The summed E-state index contributed by atoms with van der Waals surface area (Å²) < 4.78 is 28.5. The van der Waals surface area contributed by atoms with Crippen molar-refractivity contribution in [2.45, 2.75) is 37.8 Å². The Bertz CT molecular complexity index is 1400. The molecule has 0 spiro atoms. The quantitative estimate of drug-likeness (QED) is 0.309. The predicted octanol–water partition coefficient (Wildman–Crippen LogP) is 6.00. The molecule has 2 aliphatic rings. The molecular weight excluding hydrogens is 444 g/mol. The highest BCUT2D eigenvalue weighted by molar-refractivity contribution is 6.06. The van der Waals surface area contributed by atoms with Gasteiger partial charge in [0, 0.05) is 38.2 Å². The smallest absolute Gasteiger partial charge is 0.338 e. The lowest BCUT2D eigenvalue weighted by molar-refractivity contribution is -0.154. The van der Waals surface area contributed by atoms with Crippen LogP contribution < -0.4 is 4.74 Å². The number of rotatable bonds is 7. The fourth-order valence-corrected chi connectivity index (χ4v) is 5.24. The fourth-order valence-electron chi connectivity index (χ4n) is 5.24. The minimum atomic E-state index is -0.309. The van der Waals surface area contributed by atoms with E-state index in [9.17, 15) is 4.79 Å². The molecule has 1 aliphatic carbocycles. The summed E-state index contributed by atoms with van der Waals surface area (Å²) in [7, 11) is 3.50. The first kappa shape index (κ1) is 21.9. The zero-order chi connectivity index (χ0) is 24.0. The van der Waals surface area contributed by atoms with Gasteiger partial charge in [0.15, 0.2) is 0 Å². The van der Waals surface area contributed by atoms with E-state index in [0.29, 0.717) is 12.2 Å². The van der Waals surface area contributed by atoms with Gasteiger partial charge in [0.2, 0.25) is 0 Å². The van der Waals surface area contributed by atoms with Crippen LogP contribution in [-0.2, 0) is 33.0 Å². The van der Waals surface area contributed by atoms with Crippen molar-refractivity contribution < 1.29 is 28.2 Å². The van der Waals surface area contributed by atoms with Gasteiger partial charge in [-0.05, 0) is 64.4 Å². The van der Waals surface area contributed by atoms with Crippen LogP contribution in [-0.4, -0.2) is 26.3 Å². The Morgan fingerprint density at radius 2 is 1.91 bits per heavy atom. The van der Waals surface area contributed by atoms with E-state index in [-0.39, 0.29) is 24.3 Å². The molecule has 3 aromatic carbocycles. The normalized spacial score (nSPS) is 21.0. The van der Waals surface area contributed by atoms with Crippen LogP contribution >= 0.6 is 0 Å². The molecule has 2 heterocycles. The Kier molecular flexibility index (Phi) is 5.35. The second-order valence-corrected chi connectivity index (χ2v) is 9.17. The van der Waals surface area contributed by atoms with E-state index in [4.69, 9.17) is 23.4 Å². The lowest BCUT2D eigenvalue weighted by Crippen LogP contribution is -2.47. The molecule has 0 saturated heterocycles. The van der Waals surface area contributed by atoms with Gasteiger partial charge in [-0.1, -0.05) is 18.2 Å². The number of cyclic esters (lactones) is 1. The Balaban J connectivity index is 1.28. The number of carbonyl (C=O) groups is 1. The van der Waals surface area contributed by atoms with Gasteiger partial charge < -0.3 is 23.4 Å². The summed E-state index contributed by atoms with van der Waals surface area (Å²) in [5, 5.41) is 1.89. The molecule has 178 valence electrons. The molecular formula is C29H26O6. The summed E-state index contributed by atoms with van der Waals surface area (Å²) in [4.78, 5) is 12.3. The van der Waals surface area contributed by atoms with Gasteiger partial charge in [-0.15, -0.1) is 0 Å². The minimum absolute atomic E-state index is 0.234. The number of hydrogen-bond donors (Lipinski definition) is 0. The van der Waals surface area contributed by atoms with E-state index in [0.717, 1.165) is 57.4 Å². The van der Waals surface area contributed by atoms with Gasteiger partial charge in [-0.2, -0.15) is 0 Å². The molecule has 0 unspecified atom stereocenters. The van der Waals surface area contributed by atoms with Crippen molar-refractivity contribution in [3.8, 4) is 17.1 Å². The number of benzene rings is 3. The molecule has 6 heteroatoms. The first-order valence-corrected chi connectivity index (χ1v) is 11.7. The predicted molar refractivity (Wildman–Crippen MR) is 130 cm³/mol. The molecule has 0 N–H and O–H groups in total. The van der Waals surface area contributed by atoms with Crippen LogP contribution in [0.15, 0.2) is 71.3 Å². The first-order valence-electron chi connectivity index (χ1n) is 11.7. The number of ether oxygens (including phenoxy) is 4. The molecule has 4 aromatic rings. The van der Waals surface area contributed by atoms with Gasteiger partial charge in [0.1, 0.15) is 24.7 Å². The molecule has 1 aliphatic heterocycles. The molecule has 6 nitrogen and oxygen atoms in total. The largest absolute Gasteiger partial charge is 0.489 e. The van der Waals surface area contributed by atoms with Gasteiger partial charge in [-0.25, -0.2) is 4.79 Å². The lowest BCUT2D eigenvalue weighted by Gasteiger charge is -2.46. The summed E-state index contributed by atoms with van der Waals surface area (Å²) in [6.45, 7) is 0.674. The van der Waals surface area contributed by atoms with Crippen molar-refractivity contribution in [1.29, 1.82) is 0 Å². The van der Waals surface area contributed by atoms with Crippen LogP contribution in [0.3, 0.4) is 0 Å². The number of carbonyl (C=O) groups excluding carboxylic acids is 1. The number of esters is 1. The van der Waals surface area contributed by atoms with Crippen molar-refractivity contribution >= 4 is 16.7 Å². The maximum absolute atomic E-state index is 12.3. The summed E-state index contributed by atoms with van der Waals surface area (Å²) in [5.41, 5.74) is 4.25. The molecule has 1 saturated carbocycles. The van der Waals surface area contributed by atoms with E-state index in [1.54, 1.807) is 20.5 Å². The summed E-state index contributed by atoms with van der Waals surface area (Å²) in [6, 6.07) is 19.9. The van der Waals surface area contributed by atoms with Crippen LogP contribution in [0.1, 0.15) is 39.9 Å². The molecule has 0 bridgehead atoms. The average Bonchev–Trinajstić information content (AvgIpc) is 3.52. The molecule has 1 aromatic heterocycles. The topological polar surface area (TPSA) is 67.1 Å². The van der Waals surface area contributed by atoms with Crippen LogP contribution in [0.4, 0.5) is 0 Å². The zero-order valence-corrected chi connectivity index (χ0v) is 19.7. The van der Waals surface area contributed by atoms with Crippen LogP contribution in [0, 0.1) is 0 Å². The molecule has 6 rings (SSSR count). The van der Waals surface area contributed by atoms with Gasteiger partial charge in [0.25, 0.3) is 0 Å². The Labute approximate surface area is 203 Å². The fraction of sp³-hybridized carbons (Fsp3) is 0.276. The molecule has 0 radical (unpaired) electrons. The standard InChI is InChI=1S/C29H26O6/c1-31-22-14-29(15-22,32-2)20-6-3-5-18(11-20)16-34-21-8-9-23-19(12-21)13-24-25(17-35-28(24)30)27(23)26-7-4-10-33-26/h3-13,22H,14-17H2,1-2H3/t22-,29+. The summed E-state index contributed by atoms with van der Waals surface area (Å²) in [6.07, 6.45) is 3.56. The highest BCUT2D eigenvalue weighted by Gasteiger charge is 2.46. The second kappa shape index (κ2) is 8.56. The van der Waals surface area contributed by atoms with Crippen molar-refractivity contribution in [3.05, 3.63) is 89.2 Å². The summed E-state index contributed by atoms with van der Waals surface area (Å²) in [5.74, 6) is 1.13. The van der Waals surface area contributed by atoms with Gasteiger partial charge in [0.05, 0.1) is 23.5 Å². The third kappa shape index (κ3) is 3.70. The Morgan fingerprint density at radius 3 is 2.69 bits per heavy atom. The zero-order valence-electron chi connectivity index (χ0n) is 19.7. The van der Waals surface area contributed by atoms with Crippen LogP contribution in [0.2, 0.25) is 0 Å². The maximum Gasteiger partial charge on any atom is 0.338 e. The van der Waals surface area contributed by atoms with E-state index in [2.05, 4.69) is 18.2 Å². The maximum atomic E-state index is 12.3. The molecule has 0 amide bonds. The van der Waals surface area contributed by atoms with Gasteiger partial charge in [-0.3, -0.25) is 0 Å². The van der Waals surface area contributed by atoms with Crippen molar-refractivity contribution in [2.75, 3.05) is 14.2 Å². The number of methoxy groups -OCH3 is 2. The lowest BCUT2D eigenvalue weighted by atomic mass is 9.72. The summed E-state index contributed by atoms with van der Waals surface area (Å²) >= 11 is 0. The number of hydrogen-bond acceptors (Lipinski definition) is 6.